The molecule has 0 aromatic heterocycles. The number of rotatable bonds is 6. The molecule has 0 aromatic rings. The van der Waals surface area contributed by atoms with Crippen molar-refractivity contribution in [2.45, 2.75) is 74.7 Å². The minimum atomic E-state index is -0.0101. The molecule has 0 unspecified atom stereocenters. The Hall–Kier alpha value is 1.36. The first-order chi connectivity index (χ1) is 13.7. The highest BCUT2D eigenvalue weighted by atomic mass is 33.1. The van der Waals surface area contributed by atoms with Gasteiger partial charge in [-0.1, -0.05) is 53.7 Å². The van der Waals surface area contributed by atoms with Crippen molar-refractivity contribution in [1.82, 2.24) is 8.61 Å². The van der Waals surface area contributed by atoms with Crippen molar-refractivity contribution < 1.29 is 9.59 Å². The summed E-state index contributed by atoms with van der Waals surface area (Å²) in [5, 5.41) is 0. The van der Waals surface area contributed by atoms with Gasteiger partial charge in [0.2, 0.25) is 0 Å². The standard InChI is InChI=1S/C18H30N2O2S6/c21-16(23-19-12-6-2-7-13-19)25-27-18(10-4-1-5-11-18)28-26-17(22)24-20-14-8-3-9-15-20/h1-15H2. The second-order valence-electron chi connectivity index (χ2n) is 7.47. The van der Waals surface area contributed by atoms with Gasteiger partial charge in [0.25, 0.3) is 8.89 Å². The van der Waals surface area contributed by atoms with E-state index in [0.717, 1.165) is 39.0 Å². The summed E-state index contributed by atoms with van der Waals surface area (Å²) >= 11 is 2.80. The number of carbonyl (C=O) groups excluding carboxylic acids is 2. The van der Waals surface area contributed by atoms with Gasteiger partial charge in [-0.05, 0) is 60.1 Å². The summed E-state index contributed by atoms with van der Waals surface area (Å²) < 4.78 is 4.80. The summed E-state index contributed by atoms with van der Waals surface area (Å²) in [4.78, 5) is 24.9. The third-order valence-corrected chi connectivity index (χ3v) is 14.6. The highest BCUT2D eigenvalue weighted by Gasteiger charge is 2.36. The topological polar surface area (TPSA) is 40.6 Å². The maximum absolute atomic E-state index is 12.5. The van der Waals surface area contributed by atoms with Crippen molar-refractivity contribution >= 4 is 76.0 Å². The molecule has 2 heterocycles. The third kappa shape index (κ3) is 8.48. The quantitative estimate of drug-likeness (QED) is 0.205. The summed E-state index contributed by atoms with van der Waals surface area (Å²) in [5.74, 6) is 0. The number of hydrogen-bond donors (Lipinski definition) is 0. The van der Waals surface area contributed by atoms with Gasteiger partial charge in [0.05, 0.1) is 4.08 Å². The predicted octanol–water partition coefficient (Wildman–Crippen LogP) is 7.92. The van der Waals surface area contributed by atoms with Crippen LogP contribution in [-0.4, -0.2) is 47.8 Å². The Labute approximate surface area is 194 Å². The summed E-state index contributed by atoms with van der Waals surface area (Å²) in [6, 6.07) is 0. The van der Waals surface area contributed by atoms with Gasteiger partial charge in [0.1, 0.15) is 0 Å². The van der Waals surface area contributed by atoms with E-state index in [0.29, 0.717) is 0 Å². The zero-order chi connectivity index (χ0) is 19.7. The van der Waals surface area contributed by atoms with Crippen LogP contribution in [0.4, 0.5) is 9.59 Å². The number of hydrogen-bond acceptors (Lipinski definition) is 10. The van der Waals surface area contributed by atoms with Crippen molar-refractivity contribution in [3.05, 3.63) is 0 Å². The van der Waals surface area contributed by atoms with Crippen LogP contribution >= 0.6 is 67.1 Å². The molecule has 3 fully saturated rings. The lowest BCUT2D eigenvalue weighted by Gasteiger charge is -2.34. The van der Waals surface area contributed by atoms with Crippen LogP contribution in [0.3, 0.4) is 0 Å². The molecule has 0 aromatic carbocycles. The summed E-state index contributed by atoms with van der Waals surface area (Å²) in [7, 11) is 6.23. The summed E-state index contributed by atoms with van der Waals surface area (Å²) in [6.07, 6.45) is 13.2. The van der Waals surface area contributed by atoms with E-state index in [1.54, 1.807) is 21.6 Å². The Bertz CT molecular complexity index is 468. The molecule has 0 radical (unpaired) electrons. The molecule has 3 rings (SSSR count). The monoisotopic (exact) mass is 498 g/mol. The van der Waals surface area contributed by atoms with Gasteiger partial charge in [0, 0.05) is 50.1 Å². The van der Waals surface area contributed by atoms with Crippen LogP contribution in [0.1, 0.15) is 70.6 Å². The maximum atomic E-state index is 12.5. The van der Waals surface area contributed by atoms with E-state index < -0.39 is 0 Å². The van der Waals surface area contributed by atoms with Gasteiger partial charge in [-0.3, -0.25) is 9.59 Å². The van der Waals surface area contributed by atoms with Crippen LogP contribution < -0.4 is 0 Å². The fourth-order valence-electron chi connectivity index (χ4n) is 3.64. The molecule has 0 amide bonds. The van der Waals surface area contributed by atoms with Crippen molar-refractivity contribution in [3.8, 4) is 0 Å². The molecular formula is C18H30N2O2S6. The highest BCUT2D eigenvalue weighted by molar-refractivity contribution is 8.93. The van der Waals surface area contributed by atoms with Gasteiger partial charge < -0.3 is 0 Å². The molecule has 2 saturated heterocycles. The van der Waals surface area contributed by atoms with Crippen molar-refractivity contribution in [1.29, 1.82) is 0 Å². The average Bonchev–Trinajstić information content (AvgIpc) is 2.73. The second-order valence-corrected chi connectivity index (χ2v) is 15.4. The predicted molar refractivity (Wildman–Crippen MR) is 133 cm³/mol. The lowest BCUT2D eigenvalue weighted by Crippen LogP contribution is -2.25. The molecular weight excluding hydrogens is 469 g/mol. The van der Waals surface area contributed by atoms with Gasteiger partial charge in [0.15, 0.2) is 0 Å². The molecule has 0 bridgehead atoms. The van der Waals surface area contributed by atoms with E-state index in [-0.39, 0.29) is 13.0 Å². The Morgan fingerprint density at radius 2 is 0.964 bits per heavy atom. The van der Waals surface area contributed by atoms with E-state index in [4.69, 9.17) is 0 Å². The van der Waals surface area contributed by atoms with E-state index in [1.165, 1.54) is 103 Å². The first-order valence-corrected chi connectivity index (χ1v) is 16.1. The maximum Gasteiger partial charge on any atom is 0.271 e. The first kappa shape index (κ1) is 24.0. The van der Waals surface area contributed by atoms with Gasteiger partial charge >= 0.3 is 0 Å². The molecule has 3 aliphatic rings. The van der Waals surface area contributed by atoms with E-state index >= 15 is 0 Å². The Kier molecular flexibility index (Phi) is 11.2. The summed E-state index contributed by atoms with van der Waals surface area (Å²) in [6.45, 7) is 4.11. The SMILES string of the molecule is O=C(SSC1(SSC(=O)SN2CCCCC2)CCCCC1)SN1CCCCC1. The van der Waals surface area contributed by atoms with E-state index in [9.17, 15) is 9.59 Å². The largest absolute Gasteiger partial charge is 0.272 e. The molecule has 1 saturated carbocycles. The van der Waals surface area contributed by atoms with Crippen molar-refractivity contribution in [2.75, 3.05) is 26.2 Å². The average molecular weight is 499 g/mol. The van der Waals surface area contributed by atoms with Crippen LogP contribution in [0.2, 0.25) is 0 Å². The molecule has 28 heavy (non-hydrogen) atoms. The second kappa shape index (κ2) is 13.0. The zero-order valence-electron chi connectivity index (χ0n) is 16.3. The van der Waals surface area contributed by atoms with Gasteiger partial charge in [-0.2, -0.15) is 0 Å². The number of piperidine rings is 2. The van der Waals surface area contributed by atoms with Crippen molar-refractivity contribution in [2.24, 2.45) is 0 Å². The Morgan fingerprint density at radius 1 is 0.571 bits per heavy atom. The third-order valence-electron chi connectivity index (χ3n) is 5.18. The minimum absolute atomic E-state index is 0.0101. The van der Waals surface area contributed by atoms with Crippen LogP contribution in [0.25, 0.3) is 0 Å². The van der Waals surface area contributed by atoms with Gasteiger partial charge in [-0.25, -0.2) is 8.61 Å². The molecule has 160 valence electrons. The molecule has 1 aliphatic carbocycles. The fraction of sp³-hybridized carbons (Fsp3) is 0.889. The van der Waals surface area contributed by atoms with Crippen LogP contribution in [0.15, 0.2) is 0 Å². The molecule has 10 heteroatoms. The highest BCUT2D eigenvalue weighted by Crippen LogP contribution is 2.58. The smallest absolute Gasteiger partial charge is 0.271 e. The Balaban J connectivity index is 1.43. The van der Waals surface area contributed by atoms with Crippen LogP contribution in [-0.2, 0) is 0 Å². The normalized spacial score (nSPS) is 24.1. The lowest BCUT2D eigenvalue weighted by molar-refractivity contribution is 0.274. The minimum Gasteiger partial charge on any atom is -0.272 e. The van der Waals surface area contributed by atoms with Crippen LogP contribution in [0.5, 0.6) is 0 Å². The Morgan fingerprint density at radius 3 is 1.39 bits per heavy atom. The fourth-order valence-corrected chi connectivity index (χ4v) is 12.4. The number of nitrogens with zero attached hydrogens (tertiary/aromatic N) is 2. The molecule has 4 nitrogen and oxygen atoms in total. The lowest BCUT2D eigenvalue weighted by atomic mass is 10.00. The summed E-state index contributed by atoms with van der Waals surface area (Å²) in [5.41, 5.74) is 0. The van der Waals surface area contributed by atoms with E-state index in [2.05, 4.69) is 8.61 Å². The molecule has 2 aliphatic heterocycles. The molecule has 0 atom stereocenters. The molecule has 0 N–H and O–H groups in total. The van der Waals surface area contributed by atoms with Crippen LogP contribution in [0, 0.1) is 0 Å². The van der Waals surface area contributed by atoms with Crippen molar-refractivity contribution in [3.63, 3.8) is 0 Å². The van der Waals surface area contributed by atoms with E-state index in [1.807, 2.05) is 0 Å². The van der Waals surface area contributed by atoms with Gasteiger partial charge in [-0.15, -0.1) is 0 Å². The first-order valence-electron chi connectivity index (χ1n) is 10.3. The number of carbonyl (C=O) groups is 2. The molecule has 0 spiro atoms. The zero-order valence-corrected chi connectivity index (χ0v) is 21.2.